The molecule has 0 aliphatic rings. The predicted octanol–water partition coefficient (Wildman–Crippen LogP) is 1.54. The molecule has 5 heteroatoms. The minimum absolute atomic E-state index is 0.186. The van der Waals surface area contributed by atoms with Crippen LogP contribution in [-0.2, 0) is 4.74 Å². The van der Waals surface area contributed by atoms with E-state index >= 15 is 0 Å². The summed E-state index contributed by atoms with van der Waals surface area (Å²) in [6, 6.07) is 2.53. The molecule has 1 aromatic rings. The molecule has 1 amide bonds. The van der Waals surface area contributed by atoms with E-state index in [0.29, 0.717) is 19.8 Å². The molecule has 0 aromatic carbocycles. The Labute approximate surface area is 99.5 Å². The highest BCUT2D eigenvalue weighted by Gasteiger charge is 2.05. The highest BCUT2D eigenvalue weighted by Crippen LogP contribution is 1.97. The number of halogens is 1. The van der Waals surface area contributed by atoms with Crippen LogP contribution in [0.5, 0.6) is 0 Å². The summed E-state index contributed by atoms with van der Waals surface area (Å²) in [6.07, 6.45) is 1.01. The maximum absolute atomic E-state index is 12.6. The number of ether oxygens (including phenoxy) is 1. The Balaban J connectivity index is 2.25. The van der Waals surface area contributed by atoms with Crippen molar-refractivity contribution in [3.8, 4) is 0 Å². The van der Waals surface area contributed by atoms with Crippen LogP contribution in [0.3, 0.4) is 0 Å². The molecule has 1 aromatic heterocycles. The number of carbonyl (C=O) groups is 1. The highest BCUT2D eigenvalue weighted by atomic mass is 19.1. The lowest BCUT2D eigenvalue weighted by atomic mass is 10.3. The van der Waals surface area contributed by atoms with Crippen molar-refractivity contribution in [2.24, 2.45) is 0 Å². The van der Waals surface area contributed by atoms with Gasteiger partial charge in [-0.3, -0.25) is 4.79 Å². The van der Waals surface area contributed by atoms with Crippen molar-refractivity contribution in [1.82, 2.24) is 10.3 Å². The maximum Gasteiger partial charge on any atom is 0.269 e. The van der Waals surface area contributed by atoms with Gasteiger partial charge in [-0.05, 0) is 19.1 Å². The summed E-state index contributed by atoms with van der Waals surface area (Å²) in [6.45, 7) is 6.81. The van der Waals surface area contributed by atoms with Crippen LogP contribution < -0.4 is 5.32 Å². The van der Waals surface area contributed by atoms with Crippen molar-refractivity contribution >= 4 is 5.91 Å². The second kappa shape index (κ2) is 6.75. The average molecular weight is 238 g/mol. The van der Waals surface area contributed by atoms with Crippen molar-refractivity contribution < 1.29 is 13.9 Å². The zero-order valence-corrected chi connectivity index (χ0v) is 9.70. The molecule has 1 heterocycles. The minimum atomic E-state index is -0.466. The lowest BCUT2D eigenvalue weighted by molar-refractivity contribution is 0.0922. The molecule has 92 valence electrons. The van der Waals surface area contributed by atoms with Gasteiger partial charge in [0.1, 0.15) is 11.5 Å². The molecule has 0 aliphatic heterocycles. The lowest BCUT2D eigenvalue weighted by Crippen LogP contribution is -2.28. The number of carbonyl (C=O) groups excluding carboxylic acids is 1. The third-order valence-corrected chi connectivity index (χ3v) is 1.84. The average Bonchev–Trinajstić information content (AvgIpc) is 2.29. The standard InChI is InChI=1S/C12H15FN2O2/c1-9(2)8-17-6-5-14-12(16)11-4-3-10(13)7-15-11/h3-4,7H,1,5-6,8H2,2H3,(H,14,16). The van der Waals surface area contributed by atoms with Gasteiger partial charge < -0.3 is 10.1 Å². The quantitative estimate of drug-likeness (QED) is 0.604. The van der Waals surface area contributed by atoms with Crippen molar-refractivity contribution in [3.05, 3.63) is 42.0 Å². The number of nitrogens with one attached hydrogen (secondary N) is 1. The third kappa shape index (κ3) is 5.21. The number of pyridine rings is 1. The van der Waals surface area contributed by atoms with E-state index in [2.05, 4.69) is 16.9 Å². The Morgan fingerprint density at radius 2 is 2.35 bits per heavy atom. The second-order valence-corrected chi connectivity index (χ2v) is 3.63. The number of rotatable bonds is 6. The molecule has 1 rings (SSSR count). The smallest absolute Gasteiger partial charge is 0.269 e. The van der Waals surface area contributed by atoms with E-state index in [1.165, 1.54) is 12.1 Å². The van der Waals surface area contributed by atoms with Crippen molar-refractivity contribution in [1.29, 1.82) is 0 Å². The van der Waals surface area contributed by atoms with Gasteiger partial charge in [-0.1, -0.05) is 12.2 Å². The Bertz CT molecular complexity index is 390. The molecular formula is C12H15FN2O2. The van der Waals surface area contributed by atoms with Crippen LogP contribution in [0, 0.1) is 5.82 Å². The van der Waals surface area contributed by atoms with Gasteiger partial charge in [-0.2, -0.15) is 0 Å². The van der Waals surface area contributed by atoms with Crippen molar-refractivity contribution in [2.45, 2.75) is 6.92 Å². The molecule has 17 heavy (non-hydrogen) atoms. The molecule has 1 N–H and O–H groups in total. The molecule has 0 saturated carbocycles. The van der Waals surface area contributed by atoms with Gasteiger partial charge >= 0.3 is 0 Å². The first-order valence-electron chi connectivity index (χ1n) is 5.21. The molecule has 0 unspecified atom stereocenters. The zero-order chi connectivity index (χ0) is 12.7. The number of hydrogen-bond donors (Lipinski definition) is 1. The van der Waals surface area contributed by atoms with E-state index in [-0.39, 0.29) is 11.6 Å². The van der Waals surface area contributed by atoms with Crippen LogP contribution in [0.15, 0.2) is 30.5 Å². The molecule has 0 fully saturated rings. The van der Waals surface area contributed by atoms with Crippen LogP contribution in [0.25, 0.3) is 0 Å². The van der Waals surface area contributed by atoms with E-state index in [1.54, 1.807) is 0 Å². The first-order valence-corrected chi connectivity index (χ1v) is 5.21. The Hall–Kier alpha value is -1.75. The zero-order valence-electron chi connectivity index (χ0n) is 9.70. The van der Waals surface area contributed by atoms with Crippen LogP contribution in [0.2, 0.25) is 0 Å². The summed E-state index contributed by atoms with van der Waals surface area (Å²) in [5.41, 5.74) is 1.11. The van der Waals surface area contributed by atoms with E-state index in [4.69, 9.17) is 4.74 Å². The molecule has 0 spiro atoms. The summed E-state index contributed by atoms with van der Waals surface area (Å²) in [5.74, 6) is -0.810. The summed E-state index contributed by atoms with van der Waals surface area (Å²) in [7, 11) is 0. The molecule has 0 saturated heterocycles. The van der Waals surface area contributed by atoms with Crippen LogP contribution >= 0.6 is 0 Å². The SMILES string of the molecule is C=C(C)COCCNC(=O)c1ccc(F)cn1. The van der Waals surface area contributed by atoms with Gasteiger partial charge in [0.05, 0.1) is 19.4 Å². The number of nitrogens with zero attached hydrogens (tertiary/aromatic N) is 1. The Morgan fingerprint density at radius 3 is 2.94 bits per heavy atom. The first kappa shape index (κ1) is 13.3. The third-order valence-electron chi connectivity index (χ3n) is 1.84. The monoisotopic (exact) mass is 238 g/mol. The molecule has 0 bridgehead atoms. The van der Waals surface area contributed by atoms with Crippen LogP contribution in [0.1, 0.15) is 17.4 Å². The predicted molar refractivity (Wildman–Crippen MR) is 62.2 cm³/mol. The van der Waals surface area contributed by atoms with E-state index in [9.17, 15) is 9.18 Å². The molecule has 0 radical (unpaired) electrons. The number of aromatic nitrogens is 1. The largest absolute Gasteiger partial charge is 0.375 e. The molecule has 4 nitrogen and oxygen atoms in total. The minimum Gasteiger partial charge on any atom is -0.375 e. The van der Waals surface area contributed by atoms with Gasteiger partial charge in [-0.25, -0.2) is 9.37 Å². The Kier molecular flexibility index (Phi) is 5.29. The van der Waals surface area contributed by atoms with E-state index < -0.39 is 5.82 Å². The summed E-state index contributed by atoms with van der Waals surface area (Å²) >= 11 is 0. The van der Waals surface area contributed by atoms with Crippen LogP contribution in [0.4, 0.5) is 4.39 Å². The van der Waals surface area contributed by atoms with Gasteiger partial charge in [0.25, 0.3) is 5.91 Å². The lowest BCUT2D eigenvalue weighted by Gasteiger charge is -2.05. The summed E-state index contributed by atoms with van der Waals surface area (Å²) in [5, 5.41) is 2.61. The summed E-state index contributed by atoms with van der Waals surface area (Å²) in [4.78, 5) is 15.1. The molecule has 0 atom stereocenters. The topological polar surface area (TPSA) is 51.2 Å². The van der Waals surface area contributed by atoms with Crippen LogP contribution in [-0.4, -0.2) is 30.6 Å². The van der Waals surface area contributed by atoms with E-state index in [1.807, 2.05) is 6.92 Å². The fraction of sp³-hybridized carbons (Fsp3) is 0.333. The van der Waals surface area contributed by atoms with E-state index in [0.717, 1.165) is 11.8 Å². The van der Waals surface area contributed by atoms with Crippen molar-refractivity contribution in [3.63, 3.8) is 0 Å². The fourth-order valence-corrected chi connectivity index (χ4v) is 1.08. The maximum atomic E-state index is 12.6. The van der Waals surface area contributed by atoms with Gasteiger partial charge in [0, 0.05) is 6.54 Å². The highest BCUT2D eigenvalue weighted by molar-refractivity contribution is 5.92. The summed E-state index contributed by atoms with van der Waals surface area (Å²) < 4.78 is 17.8. The fourth-order valence-electron chi connectivity index (χ4n) is 1.08. The number of amides is 1. The Morgan fingerprint density at radius 1 is 1.59 bits per heavy atom. The number of hydrogen-bond acceptors (Lipinski definition) is 3. The molecular weight excluding hydrogens is 223 g/mol. The van der Waals surface area contributed by atoms with Gasteiger partial charge in [-0.15, -0.1) is 0 Å². The normalized spacial score (nSPS) is 10.0. The first-order chi connectivity index (χ1) is 8.09. The second-order valence-electron chi connectivity index (χ2n) is 3.63. The van der Waals surface area contributed by atoms with Gasteiger partial charge in [0.2, 0.25) is 0 Å². The molecule has 0 aliphatic carbocycles. The van der Waals surface area contributed by atoms with Crippen molar-refractivity contribution in [2.75, 3.05) is 19.8 Å². The van der Waals surface area contributed by atoms with Gasteiger partial charge in [0.15, 0.2) is 0 Å².